The summed E-state index contributed by atoms with van der Waals surface area (Å²) >= 11 is 1.75. The lowest BCUT2D eigenvalue weighted by Gasteiger charge is -2.38. The van der Waals surface area contributed by atoms with Gasteiger partial charge in [0, 0.05) is 35.7 Å². The summed E-state index contributed by atoms with van der Waals surface area (Å²) in [5.41, 5.74) is -0.927. The minimum Gasteiger partial charge on any atom is -0.478 e. The van der Waals surface area contributed by atoms with Gasteiger partial charge >= 0.3 is 5.97 Å². The van der Waals surface area contributed by atoms with Crippen LogP contribution >= 0.6 is 11.8 Å². The van der Waals surface area contributed by atoms with Gasteiger partial charge in [0.05, 0.1) is 4.92 Å². The first-order valence-corrected chi connectivity index (χ1v) is 7.30. The summed E-state index contributed by atoms with van der Waals surface area (Å²) in [6.45, 7) is 5.11. The number of benzene rings is 1. The molecule has 0 spiro atoms. The lowest BCUT2D eigenvalue weighted by atomic mass is 10.1. The largest absolute Gasteiger partial charge is 0.478 e. The van der Waals surface area contributed by atoms with E-state index in [0.717, 1.165) is 17.9 Å². The number of nitro benzene ring substituents is 1. The maximum Gasteiger partial charge on any atom is 0.338 e. The zero-order valence-corrected chi connectivity index (χ0v) is 12.4. The van der Waals surface area contributed by atoms with Crippen LogP contribution in [0.1, 0.15) is 24.2 Å². The Balaban J connectivity index is 2.50. The smallest absolute Gasteiger partial charge is 0.338 e. The maximum atomic E-state index is 13.9. The number of carbonyl (C=O) groups is 1. The van der Waals surface area contributed by atoms with E-state index in [1.54, 1.807) is 16.7 Å². The molecule has 1 heterocycles. The minimum atomic E-state index is -1.52. The van der Waals surface area contributed by atoms with E-state index in [0.29, 0.717) is 13.1 Å². The van der Waals surface area contributed by atoms with Crippen molar-refractivity contribution in [3.63, 3.8) is 0 Å². The van der Waals surface area contributed by atoms with Gasteiger partial charge in [-0.1, -0.05) is 0 Å². The highest BCUT2D eigenvalue weighted by molar-refractivity contribution is 8.00. The Labute approximate surface area is 125 Å². The van der Waals surface area contributed by atoms with Gasteiger partial charge in [0.15, 0.2) is 0 Å². The average molecular weight is 314 g/mol. The van der Waals surface area contributed by atoms with Gasteiger partial charge in [0.2, 0.25) is 0 Å². The average Bonchev–Trinajstić information content (AvgIpc) is 2.36. The first kappa shape index (κ1) is 15.6. The second-order valence-corrected chi connectivity index (χ2v) is 7.21. The highest BCUT2D eigenvalue weighted by Crippen LogP contribution is 2.37. The molecule has 0 bridgehead atoms. The fourth-order valence-electron chi connectivity index (χ4n) is 2.34. The molecule has 114 valence electrons. The number of carboxylic acids is 1. The quantitative estimate of drug-likeness (QED) is 0.682. The maximum absolute atomic E-state index is 13.9. The van der Waals surface area contributed by atoms with E-state index < -0.39 is 22.3 Å². The summed E-state index contributed by atoms with van der Waals surface area (Å²) in [5, 5.41) is 20.0. The molecule has 0 aliphatic carbocycles. The molecule has 0 saturated carbocycles. The number of anilines is 1. The Kier molecular flexibility index (Phi) is 4.08. The Hall–Kier alpha value is -1.83. The van der Waals surface area contributed by atoms with E-state index >= 15 is 0 Å². The van der Waals surface area contributed by atoms with Gasteiger partial charge in [-0.2, -0.15) is 11.8 Å². The van der Waals surface area contributed by atoms with Gasteiger partial charge in [-0.15, -0.1) is 0 Å². The molecule has 2 rings (SSSR count). The SMILES string of the molecule is CC1(C)CN(c2cc(F)c(C(=O)O)cc2[N+](=O)[O-])CCS1. The van der Waals surface area contributed by atoms with Crippen LogP contribution in [0, 0.1) is 15.9 Å². The van der Waals surface area contributed by atoms with Crippen molar-refractivity contribution < 1.29 is 19.2 Å². The second-order valence-electron chi connectivity index (χ2n) is 5.41. The molecule has 1 aromatic carbocycles. The van der Waals surface area contributed by atoms with Crippen molar-refractivity contribution in [3.8, 4) is 0 Å². The van der Waals surface area contributed by atoms with Crippen molar-refractivity contribution in [3.05, 3.63) is 33.6 Å². The molecule has 1 aliphatic rings. The number of nitrogens with zero attached hydrogens (tertiary/aromatic N) is 2. The Morgan fingerprint density at radius 1 is 1.52 bits per heavy atom. The third kappa shape index (κ3) is 3.26. The Morgan fingerprint density at radius 3 is 2.71 bits per heavy atom. The van der Waals surface area contributed by atoms with Crippen LogP contribution in [0.15, 0.2) is 12.1 Å². The van der Waals surface area contributed by atoms with Crippen LogP contribution in [0.5, 0.6) is 0 Å². The molecule has 1 aliphatic heterocycles. The molecule has 0 aromatic heterocycles. The topological polar surface area (TPSA) is 83.7 Å². The van der Waals surface area contributed by atoms with Gasteiger partial charge in [-0.3, -0.25) is 10.1 Å². The molecule has 0 radical (unpaired) electrons. The van der Waals surface area contributed by atoms with Crippen molar-refractivity contribution in [2.24, 2.45) is 0 Å². The molecule has 1 fully saturated rings. The van der Waals surface area contributed by atoms with Crippen molar-refractivity contribution in [1.82, 2.24) is 0 Å². The predicted octanol–water partition coefficient (Wildman–Crippen LogP) is 2.76. The molecule has 1 aromatic rings. The summed E-state index contributed by atoms with van der Waals surface area (Å²) in [6, 6.07) is 1.75. The monoisotopic (exact) mass is 314 g/mol. The third-order valence-electron chi connectivity index (χ3n) is 3.26. The first-order chi connectivity index (χ1) is 9.71. The van der Waals surface area contributed by atoms with Crippen LogP contribution in [0.25, 0.3) is 0 Å². The molecular weight excluding hydrogens is 299 g/mol. The standard InChI is InChI=1S/C13H15FN2O4S/c1-13(2)7-15(3-4-21-13)10-6-9(14)8(12(17)18)5-11(10)16(19)20/h5-6H,3-4,7H2,1-2H3,(H,17,18). The van der Waals surface area contributed by atoms with Crippen LogP contribution in [-0.2, 0) is 0 Å². The number of carboxylic acid groups (broad SMARTS) is 1. The molecule has 6 nitrogen and oxygen atoms in total. The van der Waals surface area contributed by atoms with Gasteiger partial charge < -0.3 is 10.0 Å². The number of rotatable bonds is 3. The number of thioether (sulfide) groups is 1. The summed E-state index contributed by atoms with van der Waals surface area (Å²) < 4.78 is 13.8. The minimum absolute atomic E-state index is 0.103. The zero-order valence-electron chi connectivity index (χ0n) is 11.6. The summed E-state index contributed by atoms with van der Waals surface area (Å²) in [4.78, 5) is 23.1. The Morgan fingerprint density at radius 2 is 2.19 bits per heavy atom. The van der Waals surface area contributed by atoms with Crippen LogP contribution in [0.3, 0.4) is 0 Å². The van der Waals surface area contributed by atoms with Crippen LogP contribution in [0.4, 0.5) is 15.8 Å². The van der Waals surface area contributed by atoms with Crippen molar-refractivity contribution in [2.45, 2.75) is 18.6 Å². The van der Waals surface area contributed by atoms with Gasteiger partial charge in [-0.25, -0.2) is 9.18 Å². The first-order valence-electron chi connectivity index (χ1n) is 6.31. The van der Waals surface area contributed by atoms with E-state index in [4.69, 9.17) is 5.11 Å². The molecule has 1 N–H and O–H groups in total. The number of aromatic carboxylic acids is 1. The van der Waals surface area contributed by atoms with Gasteiger partial charge in [0.1, 0.15) is 17.1 Å². The lowest BCUT2D eigenvalue weighted by molar-refractivity contribution is -0.384. The highest BCUT2D eigenvalue weighted by Gasteiger charge is 2.32. The normalized spacial score (nSPS) is 17.6. The van der Waals surface area contributed by atoms with Crippen LogP contribution in [-0.4, -0.2) is 39.6 Å². The molecule has 0 atom stereocenters. The Bertz CT molecular complexity index is 606. The fourth-order valence-corrected chi connectivity index (χ4v) is 3.45. The molecule has 0 amide bonds. The van der Waals surface area contributed by atoms with Gasteiger partial charge in [-0.05, 0) is 13.8 Å². The van der Waals surface area contributed by atoms with Crippen LogP contribution < -0.4 is 4.90 Å². The molecule has 1 saturated heterocycles. The number of hydrogen-bond acceptors (Lipinski definition) is 5. The predicted molar refractivity (Wildman–Crippen MR) is 78.8 cm³/mol. The highest BCUT2D eigenvalue weighted by atomic mass is 32.2. The number of hydrogen-bond donors (Lipinski definition) is 1. The van der Waals surface area contributed by atoms with Crippen LogP contribution in [0.2, 0.25) is 0 Å². The fraction of sp³-hybridized carbons (Fsp3) is 0.462. The van der Waals surface area contributed by atoms with E-state index in [1.807, 2.05) is 13.8 Å². The number of halogens is 1. The van der Waals surface area contributed by atoms with E-state index in [2.05, 4.69) is 0 Å². The summed E-state index contributed by atoms with van der Waals surface area (Å²) in [5.74, 6) is -1.71. The van der Waals surface area contributed by atoms with E-state index in [-0.39, 0.29) is 16.1 Å². The van der Waals surface area contributed by atoms with Gasteiger partial charge in [0.25, 0.3) is 5.69 Å². The summed E-state index contributed by atoms with van der Waals surface area (Å²) in [7, 11) is 0. The molecule has 0 unspecified atom stereocenters. The number of nitro groups is 1. The van der Waals surface area contributed by atoms with Crippen molar-refractivity contribution in [1.29, 1.82) is 0 Å². The molecule has 21 heavy (non-hydrogen) atoms. The molecular formula is C13H15FN2O4S. The van der Waals surface area contributed by atoms with Crippen molar-refractivity contribution >= 4 is 29.1 Å². The van der Waals surface area contributed by atoms with E-state index in [9.17, 15) is 19.3 Å². The zero-order chi connectivity index (χ0) is 15.8. The third-order valence-corrected chi connectivity index (χ3v) is 4.55. The molecule has 8 heteroatoms. The van der Waals surface area contributed by atoms with E-state index in [1.165, 1.54) is 0 Å². The van der Waals surface area contributed by atoms with Crippen molar-refractivity contribution in [2.75, 3.05) is 23.7 Å². The summed E-state index contributed by atoms with van der Waals surface area (Å²) in [6.07, 6.45) is 0. The lowest BCUT2D eigenvalue weighted by Crippen LogP contribution is -2.43. The second kappa shape index (κ2) is 5.51.